The lowest BCUT2D eigenvalue weighted by Gasteiger charge is -2.25. The number of carbonyl (C=O) groups excluding carboxylic acids is 2. The second-order valence-electron chi connectivity index (χ2n) is 9.15. The van der Waals surface area contributed by atoms with E-state index >= 15 is 0 Å². The number of aliphatic hydroxyl groups is 1. The molecular formula is C30H29N3O4. The van der Waals surface area contributed by atoms with E-state index < -0.39 is 17.7 Å². The second-order valence-corrected chi connectivity index (χ2v) is 9.15. The Labute approximate surface area is 215 Å². The maximum atomic E-state index is 13.4. The molecule has 1 atom stereocenters. The number of ether oxygens (including phenoxy) is 1. The van der Waals surface area contributed by atoms with Gasteiger partial charge in [0.2, 0.25) is 0 Å². The van der Waals surface area contributed by atoms with Gasteiger partial charge in [0, 0.05) is 47.2 Å². The Bertz CT molecular complexity index is 1440. The van der Waals surface area contributed by atoms with Crippen LogP contribution in [0, 0.1) is 0 Å². The molecule has 0 aliphatic carbocycles. The number of hydrogen-bond donors (Lipinski definition) is 2. The summed E-state index contributed by atoms with van der Waals surface area (Å²) in [6, 6.07) is 17.6. The summed E-state index contributed by atoms with van der Waals surface area (Å²) in [5, 5.41) is 12.3. The average molecular weight is 496 g/mol. The molecule has 2 N–H and O–H groups in total. The van der Waals surface area contributed by atoms with Crippen molar-refractivity contribution < 1.29 is 19.4 Å². The van der Waals surface area contributed by atoms with Crippen molar-refractivity contribution in [1.29, 1.82) is 0 Å². The molecule has 0 saturated carbocycles. The molecule has 1 aliphatic heterocycles. The molecule has 1 fully saturated rings. The Morgan fingerprint density at radius 2 is 1.78 bits per heavy atom. The first-order chi connectivity index (χ1) is 18.1. The number of fused-ring (bicyclic) bond motifs is 1. The zero-order chi connectivity index (χ0) is 25.8. The molecule has 0 bridgehead atoms. The third kappa shape index (κ3) is 4.85. The third-order valence-electron chi connectivity index (χ3n) is 6.70. The van der Waals surface area contributed by atoms with Gasteiger partial charge in [-0.1, -0.05) is 38.0 Å². The number of aromatic nitrogens is 2. The van der Waals surface area contributed by atoms with Gasteiger partial charge < -0.3 is 19.7 Å². The van der Waals surface area contributed by atoms with Crippen molar-refractivity contribution in [2.24, 2.45) is 0 Å². The zero-order valence-corrected chi connectivity index (χ0v) is 20.7. The number of Topliss-reactive ketones (excluding diaryl/α,β-unsaturated/α-hetero) is 1. The number of hydrogen-bond acceptors (Lipinski definition) is 5. The van der Waals surface area contributed by atoms with Crippen molar-refractivity contribution >= 4 is 28.4 Å². The highest BCUT2D eigenvalue weighted by Gasteiger charge is 2.46. The van der Waals surface area contributed by atoms with Gasteiger partial charge in [0.15, 0.2) is 0 Å². The maximum Gasteiger partial charge on any atom is 0.295 e. The standard InChI is InChI=1S/C30H29N3O4/c1-2-3-6-17-37-22-11-9-21(10-12-22)28(34)26-27(24-18-32-25-8-5-4-7-23(24)25)33(30(36)29(26)35)19-20-13-15-31-16-14-20/h4-5,7-16,18,27,32,34H,2-3,6,17,19H2,1H3/b28-26+. The number of pyridine rings is 1. The molecular weight excluding hydrogens is 466 g/mol. The number of nitrogens with zero attached hydrogens (tertiary/aromatic N) is 2. The van der Waals surface area contributed by atoms with Gasteiger partial charge in [-0.15, -0.1) is 0 Å². The van der Waals surface area contributed by atoms with Crippen LogP contribution < -0.4 is 4.74 Å². The SMILES string of the molecule is CCCCCOc1ccc(/C(O)=C2\C(=O)C(=O)N(Cc3ccncc3)C2c2c[nH]c3ccccc23)cc1. The van der Waals surface area contributed by atoms with Crippen LogP contribution >= 0.6 is 0 Å². The topological polar surface area (TPSA) is 95.5 Å². The number of rotatable bonds is 9. The first-order valence-corrected chi connectivity index (χ1v) is 12.5. The van der Waals surface area contributed by atoms with E-state index in [-0.39, 0.29) is 17.9 Å². The fourth-order valence-electron chi connectivity index (χ4n) is 4.78. The lowest BCUT2D eigenvalue weighted by atomic mass is 9.94. The lowest BCUT2D eigenvalue weighted by Crippen LogP contribution is -2.29. The number of ketones is 1. The van der Waals surface area contributed by atoms with Crippen molar-refractivity contribution in [3.63, 3.8) is 0 Å². The number of aromatic amines is 1. The van der Waals surface area contributed by atoms with E-state index in [4.69, 9.17) is 4.74 Å². The molecule has 3 heterocycles. The molecule has 1 saturated heterocycles. The minimum absolute atomic E-state index is 0.0698. The number of benzene rings is 2. The van der Waals surface area contributed by atoms with E-state index in [1.165, 1.54) is 4.90 Å². The van der Waals surface area contributed by atoms with Crippen molar-refractivity contribution in [3.8, 4) is 5.75 Å². The Hall–Kier alpha value is -4.39. The van der Waals surface area contributed by atoms with E-state index in [0.29, 0.717) is 17.9 Å². The van der Waals surface area contributed by atoms with Crippen LogP contribution in [0.3, 0.4) is 0 Å². The van der Waals surface area contributed by atoms with E-state index in [1.807, 2.05) is 36.4 Å². The number of unbranched alkanes of at least 4 members (excludes halogenated alkanes) is 2. The Balaban J connectivity index is 1.55. The summed E-state index contributed by atoms with van der Waals surface area (Å²) < 4.78 is 5.78. The van der Waals surface area contributed by atoms with Crippen LogP contribution in [0.2, 0.25) is 0 Å². The van der Waals surface area contributed by atoms with Crippen LogP contribution in [0.5, 0.6) is 5.75 Å². The van der Waals surface area contributed by atoms with Crippen molar-refractivity contribution in [2.45, 2.75) is 38.8 Å². The first-order valence-electron chi connectivity index (χ1n) is 12.5. The van der Waals surface area contributed by atoms with Crippen molar-refractivity contribution in [3.05, 3.63) is 102 Å². The molecule has 5 rings (SSSR count). The normalized spacial score (nSPS) is 17.0. The van der Waals surface area contributed by atoms with Crippen LogP contribution in [0.25, 0.3) is 16.7 Å². The van der Waals surface area contributed by atoms with Gasteiger partial charge in [0.25, 0.3) is 11.7 Å². The minimum Gasteiger partial charge on any atom is -0.507 e. The molecule has 7 heteroatoms. The largest absolute Gasteiger partial charge is 0.507 e. The van der Waals surface area contributed by atoms with Crippen LogP contribution in [0.4, 0.5) is 0 Å². The van der Waals surface area contributed by atoms with Gasteiger partial charge in [0.1, 0.15) is 11.5 Å². The molecule has 1 amide bonds. The van der Waals surface area contributed by atoms with E-state index in [0.717, 1.165) is 41.3 Å². The highest BCUT2D eigenvalue weighted by molar-refractivity contribution is 6.46. The van der Waals surface area contributed by atoms with Gasteiger partial charge in [-0.2, -0.15) is 0 Å². The number of likely N-dealkylation sites (tertiary alicyclic amines) is 1. The Morgan fingerprint density at radius 3 is 2.54 bits per heavy atom. The van der Waals surface area contributed by atoms with E-state index in [1.54, 1.807) is 42.9 Å². The highest BCUT2D eigenvalue weighted by Crippen LogP contribution is 2.42. The summed E-state index contributed by atoms with van der Waals surface area (Å²) in [4.78, 5) is 35.5. The quantitative estimate of drug-likeness (QED) is 0.133. The maximum absolute atomic E-state index is 13.4. The minimum atomic E-state index is -0.755. The van der Waals surface area contributed by atoms with Crippen LogP contribution in [-0.4, -0.2) is 38.3 Å². The predicted octanol–water partition coefficient (Wildman–Crippen LogP) is 5.75. The Morgan fingerprint density at radius 1 is 1.03 bits per heavy atom. The van der Waals surface area contributed by atoms with Gasteiger partial charge in [0.05, 0.1) is 18.2 Å². The average Bonchev–Trinajstić information content (AvgIpc) is 3.46. The second kappa shape index (κ2) is 10.7. The van der Waals surface area contributed by atoms with Crippen molar-refractivity contribution in [1.82, 2.24) is 14.9 Å². The summed E-state index contributed by atoms with van der Waals surface area (Å²) in [6.45, 7) is 2.97. The first kappa shape index (κ1) is 24.3. The molecule has 0 radical (unpaired) electrons. The highest BCUT2D eigenvalue weighted by atomic mass is 16.5. The number of para-hydroxylation sites is 1. The summed E-state index contributed by atoms with van der Waals surface area (Å²) in [7, 11) is 0. The van der Waals surface area contributed by atoms with Gasteiger partial charge in [-0.3, -0.25) is 14.6 Å². The smallest absolute Gasteiger partial charge is 0.295 e. The summed E-state index contributed by atoms with van der Waals surface area (Å²) in [5.74, 6) is -0.867. The lowest BCUT2D eigenvalue weighted by molar-refractivity contribution is -0.140. The fraction of sp³-hybridized carbons (Fsp3) is 0.233. The number of amides is 1. The predicted molar refractivity (Wildman–Crippen MR) is 142 cm³/mol. The molecule has 37 heavy (non-hydrogen) atoms. The molecule has 4 aromatic rings. The van der Waals surface area contributed by atoms with Crippen LogP contribution in [0.15, 0.2) is 84.8 Å². The summed E-state index contributed by atoms with van der Waals surface area (Å²) in [5.41, 5.74) is 3.00. The number of carbonyl (C=O) groups is 2. The van der Waals surface area contributed by atoms with Gasteiger partial charge >= 0.3 is 0 Å². The van der Waals surface area contributed by atoms with Crippen molar-refractivity contribution in [2.75, 3.05) is 6.61 Å². The van der Waals surface area contributed by atoms with Gasteiger partial charge in [-0.05, 0) is 54.4 Å². The molecule has 7 nitrogen and oxygen atoms in total. The van der Waals surface area contributed by atoms with Crippen LogP contribution in [-0.2, 0) is 16.1 Å². The number of nitrogens with one attached hydrogen (secondary N) is 1. The van der Waals surface area contributed by atoms with E-state index in [9.17, 15) is 14.7 Å². The van der Waals surface area contributed by atoms with Gasteiger partial charge in [-0.25, -0.2) is 0 Å². The fourth-order valence-corrected chi connectivity index (χ4v) is 4.78. The number of aliphatic hydroxyl groups excluding tert-OH is 1. The van der Waals surface area contributed by atoms with Crippen LogP contribution in [0.1, 0.15) is 48.9 Å². The zero-order valence-electron chi connectivity index (χ0n) is 20.7. The van der Waals surface area contributed by atoms with E-state index in [2.05, 4.69) is 16.9 Å². The summed E-state index contributed by atoms with van der Waals surface area (Å²) >= 11 is 0. The monoisotopic (exact) mass is 495 g/mol. The molecule has 2 aromatic heterocycles. The third-order valence-corrected chi connectivity index (χ3v) is 6.70. The summed E-state index contributed by atoms with van der Waals surface area (Å²) in [6.07, 6.45) is 8.31. The molecule has 1 aliphatic rings. The molecule has 188 valence electrons. The number of H-pyrrole nitrogens is 1. The Kier molecular flexibility index (Phi) is 7.03. The molecule has 2 aromatic carbocycles. The molecule has 0 spiro atoms. The molecule has 1 unspecified atom stereocenters.